The molecule has 0 saturated heterocycles. The number of allylic oxidation sites excluding steroid dienone is 1. The van der Waals surface area contributed by atoms with Crippen LogP contribution in [0.25, 0.3) is 0 Å². The summed E-state index contributed by atoms with van der Waals surface area (Å²) in [5.74, 6) is 0.0545. The summed E-state index contributed by atoms with van der Waals surface area (Å²) in [7, 11) is 0. The molecule has 5 heteroatoms. The molecular weight excluding hydrogens is 270 g/mol. The normalized spacial score (nSPS) is 16.4. The molecule has 1 aromatic rings. The standard InChI is InChI=1S/C15H21N3OS/c1-12(20-15-17-9-5-10-18-15)14(19)16-11-8-13-6-3-2-4-7-13/h5-6,9-10,12H,2-4,7-8,11H2,1H3,(H,16,19). The minimum Gasteiger partial charge on any atom is -0.355 e. The Morgan fingerprint density at radius 2 is 2.20 bits per heavy atom. The number of hydrogen-bond donors (Lipinski definition) is 1. The zero-order valence-corrected chi connectivity index (χ0v) is 12.7. The fraction of sp³-hybridized carbons (Fsp3) is 0.533. The van der Waals surface area contributed by atoms with E-state index in [0.717, 1.165) is 13.0 Å². The van der Waals surface area contributed by atoms with Crippen molar-refractivity contribution in [3.63, 3.8) is 0 Å². The number of amides is 1. The average molecular weight is 291 g/mol. The highest BCUT2D eigenvalue weighted by molar-refractivity contribution is 8.00. The molecule has 0 bridgehead atoms. The third-order valence-corrected chi connectivity index (χ3v) is 4.31. The first-order valence-corrected chi connectivity index (χ1v) is 8.03. The van der Waals surface area contributed by atoms with Crippen LogP contribution in [-0.2, 0) is 4.79 Å². The molecule has 1 aliphatic rings. The summed E-state index contributed by atoms with van der Waals surface area (Å²) in [5.41, 5.74) is 1.49. The maximum atomic E-state index is 12.0. The van der Waals surface area contributed by atoms with E-state index in [2.05, 4.69) is 21.4 Å². The smallest absolute Gasteiger partial charge is 0.233 e. The molecule has 4 nitrogen and oxygen atoms in total. The van der Waals surface area contributed by atoms with Crippen molar-refractivity contribution in [2.45, 2.75) is 49.4 Å². The molecule has 0 radical (unpaired) electrons. The minimum atomic E-state index is -0.169. The Bertz CT molecular complexity index is 461. The molecule has 0 spiro atoms. The van der Waals surface area contributed by atoms with Gasteiger partial charge in [0, 0.05) is 18.9 Å². The van der Waals surface area contributed by atoms with Gasteiger partial charge < -0.3 is 5.32 Å². The van der Waals surface area contributed by atoms with E-state index in [4.69, 9.17) is 0 Å². The van der Waals surface area contributed by atoms with Crippen molar-refractivity contribution < 1.29 is 4.79 Å². The van der Waals surface area contributed by atoms with Gasteiger partial charge in [-0.05, 0) is 45.1 Å². The van der Waals surface area contributed by atoms with E-state index < -0.39 is 0 Å². The fourth-order valence-corrected chi connectivity index (χ4v) is 2.93. The van der Waals surface area contributed by atoms with Gasteiger partial charge in [0.15, 0.2) is 5.16 Å². The summed E-state index contributed by atoms with van der Waals surface area (Å²) in [5, 5.41) is 3.47. The second-order valence-electron chi connectivity index (χ2n) is 4.94. The van der Waals surface area contributed by atoms with E-state index in [1.807, 2.05) is 6.92 Å². The fourth-order valence-electron chi connectivity index (χ4n) is 2.18. The average Bonchev–Trinajstić information content (AvgIpc) is 2.49. The predicted octanol–water partition coefficient (Wildman–Crippen LogP) is 2.96. The lowest BCUT2D eigenvalue weighted by Gasteiger charge is -2.14. The predicted molar refractivity (Wildman–Crippen MR) is 81.5 cm³/mol. The number of carbonyl (C=O) groups excluding carboxylic acids is 1. The third-order valence-electron chi connectivity index (χ3n) is 3.32. The van der Waals surface area contributed by atoms with Crippen molar-refractivity contribution in [2.24, 2.45) is 0 Å². The number of rotatable bonds is 6. The summed E-state index contributed by atoms with van der Waals surface area (Å²) in [6.45, 7) is 2.61. The van der Waals surface area contributed by atoms with Crippen LogP contribution < -0.4 is 5.32 Å². The van der Waals surface area contributed by atoms with Crippen LogP contribution in [0.15, 0.2) is 35.3 Å². The van der Waals surface area contributed by atoms with Crippen molar-refractivity contribution >= 4 is 17.7 Å². The number of aromatic nitrogens is 2. The lowest BCUT2D eigenvalue weighted by atomic mass is 9.97. The Labute approximate surface area is 124 Å². The molecule has 1 aromatic heterocycles. The summed E-state index contributed by atoms with van der Waals surface area (Å²) >= 11 is 1.39. The van der Waals surface area contributed by atoms with Crippen LogP contribution in [0.2, 0.25) is 0 Å². The van der Waals surface area contributed by atoms with Crippen molar-refractivity contribution in [1.82, 2.24) is 15.3 Å². The molecule has 1 unspecified atom stereocenters. The van der Waals surface area contributed by atoms with E-state index in [9.17, 15) is 4.79 Å². The Balaban J connectivity index is 1.70. The lowest BCUT2D eigenvalue weighted by Crippen LogP contribution is -2.32. The summed E-state index contributed by atoms with van der Waals surface area (Å²) in [4.78, 5) is 20.2. The number of nitrogens with one attached hydrogen (secondary N) is 1. The highest BCUT2D eigenvalue weighted by atomic mass is 32.2. The van der Waals surface area contributed by atoms with E-state index in [1.54, 1.807) is 18.5 Å². The third kappa shape index (κ3) is 4.96. The zero-order chi connectivity index (χ0) is 14.2. The van der Waals surface area contributed by atoms with Gasteiger partial charge in [-0.3, -0.25) is 4.79 Å². The Kier molecular flexibility index (Phi) is 6.05. The maximum Gasteiger partial charge on any atom is 0.233 e. The number of nitrogens with zero attached hydrogens (tertiary/aromatic N) is 2. The molecule has 0 aromatic carbocycles. The first kappa shape index (κ1) is 15.0. The molecule has 0 aliphatic heterocycles. The van der Waals surface area contributed by atoms with E-state index in [1.165, 1.54) is 43.0 Å². The van der Waals surface area contributed by atoms with Crippen LogP contribution in [0.3, 0.4) is 0 Å². The second kappa shape index (κ2) is 8.04. The number of hydrogen-bond acceptors (Lipinski definition) is 4. The molecular formula is C15H21N3OS. The molecule has 2 rings (SSSR count). The van der Waals surface area contributed by atoms with Gasteiger partial charge in [0.05, 0.1) is 5.25 Å². The summed E-state index contributed by atoms with van der Waals surface area (Å²) < 4.78 is 0. The largest absolute Gasteiger partial charge is 0.355 e. The van der Waals surface area contributed by atoms with Crippen LogP contribution in [-0.4, -0.2) is 27.7 Å². The van der Waals surface area contributed by atoms with Crippen LogP contribution in [0.4, 0.5) is 0 Å². The Morgan fingerprint density at radius 1 is 1.40 bits per heavy atom. The van der Waals surface area contributed by atoms with E-state index >= 15 is 0 Å². The monoisotopic (exact) mass is 291 g/mol. The highest BCUT2D eigenvalue weighted by Crippen LogP contribution is 2.20. The molecule has 1 N–H and O–H groups in total. The molecule has 20 heavy (non-hydrogen) atoms. The number of carbonyl (C=O) groups is 1. The number of thioether (sulfide) groups is 1. The van der Waals surface area contributed by atoms with Gasteiger partial charge in [-0.25, -0.2) is 9.97 Å². The van der Waals surface area contributed by atoms with Gasteiger partial charge in [-0.15, -0.1) is 0 Å². The summed E-state index contributed by atoms with van der Waals surface area (Å²) in [6.07, 6.45) is 11.7. The van der Waals surface area contributed by atoms with Gasteiger partial charge >= 0.3 is 0 Å². The SMILES string of the molecule is CC(Sc1ncccn1)C(=O)NCCC1=CCCCC1. The molecule has 0 fully saturated rings. The van der Waals surface area contributed by atoms with Gasteiger partial charge in [0.1, 0.15) is 0 Å². The molecule has 1 atom stereocenters. The highest BCUT2D eigenvalue weighted by Gasteiger charge is 2.15. The minimum absolute atomic E-state index is 0.0545. The molecule has 1 aliphatic carbocycles. The van der Waals surface area contributed by atoms with Crippen LogP contribution in [0, 0.1) is 0 Å². The van der Waals surface area contributed by atoms with Gasteiger partial charge in [-0.2, -0.15) is 0 Å². The van der Waals surface area contributed by atoms with Crippen molar-refractivity contribution in [3.05, 3.63) is 30.1 Å². The van der Waals surface area contributed by atoms with E-state index in [0.29, 0.717) is 5.16 Å². The second-order valence-corrected chi connectivity index (χ2v) is 6.25. The van der Waals surface area contributed by atoms with Gasteiger partial charge in [0.25, 0.3) is 0 Å². The van der Waals surface area contributed by atoms with Crippen molar-refractivity contribution in [1.29, 1.82) is 0 Å². The topological polar surface area (TPSA) is 54.9 Å². The van der Waals surface area contributed by atoms with Gasteiger partial charge in [-0.1, -0.05) is 23.4 Å². The van der Waals surface area contributed by atoms with E-state index in [-0.39, 0.29) is 11.2 Å². The summed E-state index contributed by atoms with van der Waals surface area (Å²) in [6, 6.07) is 1.77. The molecule has 1 amide bonds. The van der Waals surface area contributed by atoms with Crippen LogP contribution in [0.1, 0.15) is 39.0 Å². The van der Waals surface area contributed by atoms with Crippen molar-refractivity contribution in [2.75, 3.05) is 6.54 Å². The lowest BCUT2D eigenvalue weighted by molar-refractivity contribution is -0.120. The first-order valence-electron chi connectivity index (χ1n) is 7.15. The molecule has 108 valence electrons. The molecule has 1 heterocycles. The van der Waals surface area contributed by atoms with Crippen LogP contribution >= 0.6 is 11.8 Å². The zero-order valence-electron chi connectivity index (χ0n) is 11.8. The van der Waals surface area contributed by atoms with Gasteiger partial charge in [0.2, 0.25) is 5.91 Å². The Morgan fingerprint density at radius 3 is 2.90 bits per heavy atom. The quantitative estimate of drug-likeness (QED) is 0.497. The molecule has 0 saturated carbocycles. The van der Waals surface area contributed by atoms with Crippen molar-refractivity contribution in [3.8, 4) is 0 Å². The Hall–Kier alpha value is -1.36. The maximum absolute atomic E-state index is 12.0. The van der Waals surface area contributed by atoms with Crippen LogP contribution in [0.5, 0.6) is 0 Å². The first-order chi connectivity index (χ1) is 9.75.